The third-order valence-corrected chi connectivity index (χ3v) is 5.45. The van der Waals surface area contributed by atoms with Crippen molar-refractivity contribution in [3.63, 3.8) is 0 Å². The van der Waals surface area contributed by atoms with Crippen LogP contribution in [0.3, 0.4) is 0 Å². The molecule has 2 N–H and O–H groups in total. The van der Waals surface area contributed by atoms with Crippen molar-refractivity contribution in [3.05, 3.63) is 35.4 Å². The van der Waals surface area contributed by atoms with Crippen molar-refractivity contribution in [3.8, 4) is 0 Å². The van der Waals surface area contributed by atoms with Gasteiger partial charge in [-0.2, -0.15) is 0 Å². The monoisotopic (exact) mass is 419 g/mol. The molecular formula is C23H37N3O4. The van der Waals surface area contributed by atoms with Crippen LogP contribution < -0.4 is 10.6 Å². The van der Waals surface area contributed by atoms with Crippen LogP contribution in [0.4, 0.5) is 0 Å². The fourth-order valence-electron chi connectivity index (χ4n) is 3.59. The molecule has 0 saturated carbocycles. The van der Waals surface area contributed by atoms with E-state index < -0.39 is 0 Å². The smallest absolute Gasteiger partial charge is 0.191 e. The molecule has 1 atom stereocenters. The quantitative estimate of drug-likeness (QED) is 0.326. The van der Waals surface area contributed by atoms with E-state index in [2.05, 4.69) is 39.9 Å². The molecule has 1 aromatic carbocycles. The molecular weight excluding hydrogens is 382 g/mol. The zero-order valence-corrected chi connectivity index (χ0v) is 18.2. The molecule has 1 unspecified atom stereocenters. The molecule has 0 radical (unpaired) electrons. The van der Waals surface area contributed by atoms with E-state index >= 15 is 0 Å². The van der Waals surface area contributed by atoms with E-state index in [4.69, 9.17) is 18.9 Å². The summed E-state index contributed by atoms with van der Waals surface area (Å²) in [7, 11) is 1.79. The Hall–Kier alpha value is -1.67. The van der Waals surface area contributed by atoms with Crippen LogP contribution in [0.2, 0.25) is 0 Å². The Kier molecular flexibility index (Phi) is 10.4. The molecule has 2 fully saturated rings. The molecule has 30 heavy (non-hydrogen) atoms. The SMILES string of the molecule is CN=C(NCCCOCC1CCCO1)NCc1ccc(COC2CCOCC2)cc1. The van der Waals surface area contributed by atoms with Gasteiger partial charge in [0.2, 0.25) is 0 Å². The summed E-state index contributed by atoms with van der Waals surface area (Å²) >= 11 is 0. The average Bonchev–Trinajstić information content (AvgIpc) is 3.32. The molecule has 7 heteroatoms. The van der Waals surface area contributed by atoms with Gasteiger partial charge in [0.1, 0.15) is 0 Å². The molecule has 168 valence electrons. The molecule has 0 aliphatic carbocycles. The lowest BCUT2D eigenvalue weighted by Gasteiger charge is -2.22. The number of aliphatic imine (C=N–C) groups is 1. The highest BCUT2D eigenvalue weighted by Crippen LogP contribution is 2.14. The van der Waals surface area contributed by atoms with E-state index in [1.807, 2.05) is 0 Å². The Balaban J connectivity index is 1.25. The molecule has 2 aliphatic rings. The molecule has 0 bridgehead atoms. The van der Waals surface area contributed by atoms with Crippen molar-refractivity contribution in [1.82, 2.24) is 10.6 Å². The van der Waals surface area contributed by atoms with E-state index in [0.717, 1.165) is 77.6 Å². The van der Waals surface area contributed by atoms with Crippen LogP contribution in [0.5, 0.6) is 0 Å². The zero-order chi connectivity index (χ0) is 20.9. The first-order valence-electron chi connectivity index (χ1n) is 11.2. The fourth-order valence-corrected chi connectivity index (χ4v) is 3.59. The van der Waals surface area contributed by atoms with E-state index in [9.17, 15) is 0 Å². The van der Waals surface area contributed by atoms with Crippen LogP contribution in [-0.4, -0.2) is 64.8 Å². The normalized spacial score (nSPS) is 20.4. The molecule has 0 aromatic heterocycles. The minimum Gasteiger partial charge on any atom is -0.381 e. The van der Waals surface area contributed by atoms with Gasteiger partial charge in [0, 0.05) is 46.6 Å². The Morgan fingerprint density at radius 2 is 1.87 bits per heavy atom. The maximum Gasteiger partial charge on any atom is 0.191 e. The third kappa shape index (κ3) is 8.60. The minimum atomic E-state index is 0.298. The summed E-state index contributed by atoms with van der Waals surface area (Å²) in [4.78, 5) is 4.29. The van der Waals surface area contributed by atoms with Gasteiger partial charge in [0.15, 0.2) is 5.96 Å². The van der Waals surface area contributed by atoms with Gasteiger partial charge in [0.25, 0.3) is 0 Å². The van der Waals surface area contributed by atoms with Crippen LogP contribution in [0.1, 0.15) is 43.2 Å². The predicted octanol–water partition coefficient (Wildman–Crippen LogP) is 2.63. The van der Waals surface area contributed by atoms with Crippen LogP contribution in [-0.2, 0) is 32.1 Å². The van der Waals surface area contributed by atoms with Gasteiger partial charge in [-0.05, 0) is 43.2 Å². The molecule has 2 saturated heterocycles. The van der Waals surface area contributed by atoms with Crippen molar-refractivity contribution in [2.45, 2.75) is 57.5 Å². The number of guanidine groups is 1. The summed E-state index contributed by atoms with van der Waals surface area (Å²) in [5.41, 5.74) is 2.42. The molecule has 7 nitrogen and oxygen atoms in total. The lowest BCUT2D eigenvalue weighted by atomic mass is 10.1. The lowest BCUT2D eigenvalue weighted by molar-refractivity contribution is -0.0390. The predicted molar refractivity (Wildman–Crippen MR) is 118 cm³/mol. The van der Waals surface area contributed by atoms with Gasteiger partial charge in [-0.1, -0.05) is 24.3 Å². The van der Waals surface area contributed by atoms with Gasteiger partial charge in [0.05, 0.1) is 25.4 Å². The van der Waals surface area contributed by atoms with Gasteiger partial charge in [-0.3, -0.25) is 4.99 Å². The number of benzene rings is 1. The second-order valence-corrected chi connectivity index (χ2v) is 7.86. The van der Waals surface area contributed by atoms with Crippen LogP contribution in [0.25, 0.3) is 0 Å². The zero-order valence-electron chi connectivity index (χ0n) is 18.2. The summed E-state index contributed by atoms with van der Waals surface area (Å²) in [5.74, 6) is 0.807. The molecule has 2 aliphatic heterocycles. The van der Waals surface area contributed by atoms with E-state index in [1.54, 1.807) is 7.05 Å². The summed E-state index contributed by atoms with van der Waals surface area (Å²) in [6.07, 6.45) is 5.84. The first kappa shape index (κ1) is 23.0. The van der Waals surface area contributed by atoms with Gasteiger partial charge in [-0.25, -0.2) is 0 Å². The van der Waals surface area contributed by atoms with Gasteiger partial charge >= 0.3 is 0 Å². The van der Waals surface area contributed by atoms with E-state index in [1.165, 1.54) is 11.1 Å². The number of nitrogens with one attached hydrogen (secondary N) is 2. The van der Waals surface area contributed by atoms with Crippen LogP contribution in [0.15, 0.2) is 29.3 Å². The van der Waals surface area contributed by atoms with Crippen molar-refractivity contribution < 1.29 is 18.9 Å². The first-order chi connectivity index (χ1) is 14.8. The highest BCUT2D eigenvalue weighted by Gasteiger charge is 2.15. The Morgan fingerprint density at radius 3 is 2.60 bits per heavy atom. The second-order valence-electron chi connectivity index (χ2n) is 7.86. The Bertz CT molecular complexity index is 611. The molecule has 3 rings (SSSR count). The summed E-state index contributed by atoms with van der Waals surface area (Å²) in [5, 5.41) is 6.69. The number of hydrogen-bond donors (Lipinski definition) is 2. The molecule has 0 spiro atoms. The number of hydrogen-bond acceptors (Lipinski definition) is 5. The largest absolute Gasteiger partial charge is 0.381 e. The molecule has 2 heterocycles. The van der Waals surface area contributed by atoms with Gasteiger partial charge < -0.3 is 29.6 Å². The molecule has 0 amide bonds. The maximum absolute atomic E-state index is 5.98. The van der Waals surface area contributed by atoms with Crippen molar-refractivity contribution in [2.75, 3.05) is 46.6 Å². The second kappa shape index (κ2) is 13.6. The number of ether oxygens (including phenoxy) is 4. The van der Waals surface area contributed by atoms with Crippen LogP contribution >= 0.6 is 0 Å². The Morgan fingerprint density at radius 1 is 1.07 bits per heavy atom. The van der Waals surface area contributed by atoms with Crippen LogP contribution in [0, 0.1) is 0 Å². The third-order valence-electron chi connectivity index (χ3n) is 5.45. The summed E-state index contributed by atoms with van der Waals surface area (Å²) in [6.45, 7) is 6.18. The molecule has 1 aromatic rings. The highest BCUT2D eigenvalue weighted by atomic mass is 16.5. The minimum absolute atomic E-state index is 0.298. The maximum atomic E-state index is 5.98. The first-order valence-corrected chi connectivity index (χ1v) is 11.2. The summed E-state index contributed by atoms with van der Waals surface area (Å²) < 4.78 is 22.6. The van der Waals surface area contributed by atoms with Crippen molar-refractivity contribution >= 4 is 5.96 Å². The van der Waals surface area contributed by atoms with Crippen molar-refractivity contribution in [2.24, 2.45) is 4.99 Å². The topological polar surface area (TPSA) is 73.3 Å². The van der Waals surface area contributed by atoms with E-state index in [-0.39, 0.29) is 0 Å². The van der Waals surface area contributed by atoms with Gasteiger partial charge in [-0.15, -0.1) is 0 Å². The lowest BCUT2D eigenvalue weighted by Crippen LogP contribution is -2.37. The van der Waals surface area contributed by atoms with E-state index in [0.29, 0.717) is 25.4 Å². The fraction of sp³-hybridized carbons (Fsp3) is 0.696. The highest BCUT2D eigenvalue weighted by molar-refractivity contribution is 5.79. The average molecular weight is 420 g/mol. The standard InChI is InChI=1S/C23H37N3O4/c1-24-23(25-11-3-12-28-18-22-4-2-13-29-22)26-16-19-5-7-20(8-6-19)17-30-21-9-14-27-15-10-21/h5-8,21-22H,2-4,9-18H2,1H3,(H2,24,25,26). The van der Waals surface area contributed by atoms with Crippen molar-refractivity contribution in [1.29, 1.82) is 0 Å². The number of rotatable bonds is 11. The summed E-state index contributed by atoms with van der Waals surface area (Å²) in [6, 6.07) is 8.56. The Labute approximate surface area is 180 Å². The number of nitrogens with zero attached hydrogens (tertiary/aromatic N) is 1.